The monoisotopic (exact) mass is 419 g/mol. The minimum atomic E-state index is -0.355. The van der Waals surface area contributed by atoms with Gasteiger partial charge in [0.2, 0.25) is 0 Å². The van der Waals surface area contributed by atoms with Crippen LogP contribution in [0.25, 0.3) is 10.8 Å². The first-order chi connectivity index (χ1) is 14.8. The number of likely N-dealkylation sites (tertiary alicyclic amines) is 1. The Balaban J connectivity index is 1.39. The maximum Gasteiger partial charge on any atom is 0.420 e. The molecular weight excluding hydrogens is 394 g/mol. The molecule has 0 N–H and O–H groups in total. The molecule has 1 amide bonds. The molecule has 0 radical (unpaired) electrons. The quantitative estimate of drug-likeness (QED) is 0.496. The first-order valence-corrected chi connectivity index (χ1v) is 11.5. The largest absolute Gasteiger partial charge is 0.449 e. The Kier molecular flexibility index (Phi) is 5.60. The average molecular weight is 420 g/mol. The van der Waals surface area contributed by atoms with Crippen molar-refractivity contribution in [1.82, 2.24) is 9.88 Å². The van der Waals surface area contributed by atoms with Gasteiger partial charge >= 0.3 is 6.09 Å². The van der Waals surface area contributed by atoms with Gasteiger partial charge in [0.1, 0.15) is 0 Å². The third-order valence-electron chi connectivity index (χ3n) is 5.75. The Hall–Kier alpha value is -2.57. The highest BCUT2D eigenvalue weighted by molar-refractivity contribution is 7.99. The summed E-state index contributed by atoms with van der Waals surface area (Å²) >= 11 is 1.65. The third-order valence-corrected chi connectivity index (χ3v) is 6.83. The molecule has 2 aromatic carbocycles. The van der Waals surface area contributed by atoms with E-state index in [9.17, 15) is 4.79 Å². The molecule has 0 bridgehead atoms. The molecule has 6 heteroatoms. The van der Waals surface area contributed by atoms with Crippen LogP contribution in [0.3, 0.4) is 0 Å². The number of hydrogen-bond acceptors (Lipinski definition) is 5. The predicted molar refractivity (Wildman–Crippen MR) is 121 cm³/mol. The number of aromatic nitrogens is 1. The molecule has 0 atom stereocenters. The number of benzene rings is 2. The van der Waals surface area contributed by atoms with Crippen LogP contribution in [-0.4, -0.2) is 42.2 Å². The van der Waals surface area contributed by atoms with Crippen molar-refractivity contribution in [2.45, 2.75) is 35.5 Å². The Morgan fingerprint density at radius 3 is 2.77 bits per heavy atom. The Morgan fingerprint density at radius 1 is 1.00 bits per heavy atom. The molecule has 3 aromatic rings. The molecule has 3 heterocycles. The van der Waals surface area contributed by atoms with Crippen molar-refractivity contribution in [3.8, 4) is 0 Å². The summed E-state index contributed by atoms with van der Waals surface area (Å²) in [6, 6.07) is 16.2. The zero-order valence-electron chi connectivity index (χ0n) is 16.9. The van der Waals surface area contributed by atoms with Gasteiger partial charge in [-0.25, -0.2) is 14.7 Å². The van der Waals surface area contributed by atoms with E-state index < -0.39 is 0 Å². The topological polar surface area (TPSA) is 45.7 Å². The molecule has 0 unspecified atom stereocenters. The smallest absolute Gasteiger partial charge is 0.420 e. The van der Waals surface area contributed by atoms with Gasteiger partial charge < -0.3 is 9.64 Å². The molecule has 0 aliphatic carbocycles. The number of rotatable bonds is 4. The van der Waals surface area contributed by atoms with Crippen LogP contribution in [0, 0.1) is 0 Å². The number of carbonyl (C=O) groups is 1. The van der Waals surface area contributed by atoms with Gasteiger partial charge in [-0.05, 0) is 55.9 Å². The Labute approximate surface area is 181 Å². The highest BCUT2D eigenvalue weighted by Gasteiger charge is 2.32. The fourth-order valence-corrected chi connectivity index (χ4v) is 5.33. The maximum absolute atomic E-state index is 13.3. The van der Waals surface area contributed by atoms with Crippen molar-refractivity contribution < 1.29 is 9.53 Å². The fraction of sp³-hybridized carbons (Fsp3) is 0.333. The lowest BCUT2D eigenvalue weighted by atomic mass is 10.1. The van der Waals surface area contributed by atoms with Gasteiger partial charge in [-0.3, -0.25) is 0 Å². The van der Waals surface area contributed by atoms with Crippen LogP contribution in [0.2, 0.25) is 0 Å². The number of anilines is 2. The van der Waals surface area contributed by atoms with Crippen LogP contribution in [-0.2, 0) is 4.74 Å². The second-order valence-electron chi connectivity index (χ2n) is 7.77. The molecule has 0 saturated carbocycles. The van der Waals surface area contributed by atoms with Gasteiger partial charge in [0.25, 0.3) is 0 Å². The number of carbonyl (C=O) groups excluding carboxylic acids is 1. The second kappa shape index (κ2) is 8.66. The van der Waals surface area contributed by atoms with Gasteiger partial charge in [-0.15, -0.1) is 0 Å². The summed E-state index contributed by atoms with van der Waals surface area (Å²) in [5.74, 6) is 0.646. The van der Waals surface area contributed by atoms with Gasteiger partial charge in [-0.2, -0.15) is 0 Å². The third kappa shape index (κ3) is 3.77. The zero-order chi connectivity index (χ0) is 20.3. The van der Waals surface area contributed by atoms with E-state index in [1.807, 2.05) is 24.3 Å². The lowest BCUT2D eigenvalue weighted by molar-refractivity contribution is 0.143. The molecule has 2 aliphatic heterocycles. The Morgan fingerprint density at radius 2 is 1.87 bits per heavy atom. The van der Waals surface area contributed by atoms with Crippen LogP contribution in [0.4, 0.5) is 16.3 Å². The lowest BCUT2D eigenvalue weighted by Gasteiger charge is -2.30. The second-order valence-corrected chi connectivity index (χ2v) is 8.85. The summed E-state index contributed by atoms with van der Waals surface area (Å²) in [6.07, 6.45) is 6.11. The lowest BCUT2D eigenvalue weighted by Crippen LogP contribution is -2.33. The highest BCUT2D eigenvalue weighted by atomic mass is 32.2. The van der Waals surface area contributed by atoms with Gasteiger partial charge in [-0.1, -0.05) is 48.5 Å². The minimum Gasteiger partial charge on any atom is -0.449 e. The fourth-order valence-electron chi connectivity index (χ4n) is 4.28. The molecule has 2 aliphatic rings. The van der Waals surface area contributed by atoms with Gasteiger partial charge in [0.15, 0.2) is 5.82 Å². The number of amides is 1. The van der Waals surface area contributed by atoms with Gasteiger partial charge in [0, 0.05) is 23.0 Å². The van der Waals surface area contributed by atoms with E-state index in [0.29, 0.717) is 12.4 Å². The minimum absolute atomic E-state index is 0.355. The molecule has 154 valence electrons. The summed E-state index contributed by atoms with van der Waals surface area (Å²) in [4.78, 5) is 23.9. The van der Waals surface area contributed by atoms with E-state index in [1.165, 1.54) is 19.3 Å². The first-order valence-electron chi connectivity index (χ1n) is 10.6. The van der Waals surface area contributed by atoms with Crippen LogP contribution in [0.1, 0.15) is 25.7 Å². The van der Waals surface area contributed by atoms with Crippen LogP contribution < -0.4 is 4.90 Å². The summed E-state index contributed by atoms with van der Waals surface area (Å²) in [5, 5.41) is 2.13. The number of ether oxygens (including phenoxy) is 1. The standard InChI is InChI=1S/C24H25N3O2S/c28-24(29-17-7-16-26-14-4-1-5-15-26)27-22-19-9-3-2-8-18(19)11-12-20(22)30-21-10-6-13-25-23(21)27/h2-3,6,8-13H,1,4-5,7,14-17H2. The predicted octanol–water partition coefficient (Wildman–Crippen LogP) is 5.85. The summed E-state index contributed by atoms with van der Waals surface area (Å²) in [7, 11) is 0. The van der Waals surface area contributed by atoms with E-state index in [0.717, 1.165) is 52.3 Å². The molecule has 1 aromatic heterocycles. The summed E-state index contributed by atoms with van der Waals surface area (Å²) in [6.45, 7) is 3.72. The van der Waals surface area contributed by atoms with Crippen molar-refractivity contribution in [3.63, 3.8) is 0 Å². The SMILES string of the molecule is O=C(OCCCN1CCCCC1)N1c2ncccc2Sc2ccc3ccccc3c21. The molecule has 0 spiro atoms. The van der Waals surface area contributed by atoms with Crippen LogP contribution >= 0.6 is 11.8 Å². The average Bonchev–Trinajstić information content (AvgIpc) is 2.80. The van der Waals surface area contributed by atoms with Crippen molar-refractivity contribution in [2.24, 2.45) is 0 Å². The molecule has 5 rings (SSSR count). The van der Waals surface area contributed by atoms with Crippen molar-refractivity contribution in [3.05, 3.63) is 54.7 Å². The van der Waals surface area contributed by atoms with E-state index in [1.54, 1.807) is 22.9 Å². The van der Waals surface area contributed by atoms with E-state index in [2.05, 4.69) is 34.1 Å². The van der Waals surface area contributed by atoms with Crippen LogP contribution in [0.15, 0.2) is 64.5 Å². The summed E-state index contributed by atoms with van der Waals surface area (Å²) in [5.41, 5.74) is 0.866. The van der Waals surface area contributed by atoms with E-state index in [-0.39, 0.29) is 6.09 Å². The number of nitrogens with zero attached hydrogens (tertiary/aromatic N) is 3. The van der Waals surface area contributed by atoms with E-state index >= 15 is 0 Å². The molecule has 1 fully saturated rings. The summed E-state index contributed by atoms with van der Waals surface area (Å²) < 4.78 is 5.75. The van der Waals surface area contributed by atoms with Crippen LogP contribution in [0.5, 0.6) is 0 Å². The zero-order valence-corrected chi connectivity index (χ0v) is 17.7. The first kappa shape index (κ1) is 19.4. The number of pyridine rings is 1. The number of fused-ring (bicyclic) bond motifs is 4. The Bertz CT molecular complexity index is 1070. The van der Waals surface area contributed by atoms with Crippen molar-refractivity contribution in [1.29, 1.82) is 0 Å². The van der Waals surface area contributed by atoms with Crippen molar-refractivity contribution >= 4 is 40.1 Å². The molecule has 1 saturated heterocycles. The van der Waals surface area contributed by atoms with Gasteiger partial charge in [0.05, 0.1) is 17.2 Å². The van der Waals surface area contributed by atoms with E-state index in [4.69, 9.17) is 4.74 Å². The molecule has 30 heavy (non-hydrogen) atoms. The maximum atomic E-state index is 13.3. The molecule has 5 nitrogen and oxygen atoms in total. The number of piperidine rings is 1. The highest BCUT2D eigenvalue weighted by Crippen LogP contribution is 2.50. The number of hydrogen-bond donors (Lipinski definition) is 0. The van der Waals surface area contributed by atoms with Crippen molar-refractivity contribution in [2.75, 3.05) is 31.1 Å². The molecular formula is C24H25N3O2S. The normalized spacial score (nSPS) is 16.2.